The third-order valence-electron chi connectivity index (χ3n) is 4.22. The molecule has 0 amide bonds. The summed E-state index contributed by atoms with van der Waals surface area (Å²) in [6.45, 7) is 6.00. The van der Waals surface area contributed by atoms with Crippen molar-refractivity contribution in [2.45, 2.75) is 38.6 Å². The average molecular weight is 399 g/mol. The fourth-order valence-corrected chi connectivity index (χ4v) is 3.26. The highest BCUT2D eigenvalue weighted by Crippen LogP contribution is 2.34. The van der Waals surface area contributed by atoms with Crippen LogP contribution in [0.15, 0.2) is 18.2 Å². The molecule has 1 N–H and O–H groups in total. The molecule has 0 spiro atoms. The number of hydrogen-bond donors (Lipinski definition) is 1. The van der Waals surface area contributed by atoms with Crippen LogP contribution in [-0.4, -0.2) is 36.0 Å². The van der Waals surface area contributed by atoms with E-state index in [2.05, 4.69) is 17.1 Å². The molecule has 1 aromatic carbocycles. The van der Waals surface area contributed by atoms with E-state index in [9.17, 15) is 10.1 Å². The Morgan fingerprint density at radius 3 is 2.54 bits per heavy atom. The quantitative estimate of drug-likeness (QED) is 0.413. The number of nitrogens with one attached hydrogen (secondary N) is 1. The number of piperazine rings is 1. The molecule has 0 saturated carbocycles. The van der Waals surface area contributed by atoms with E-state index in [1.54, 1.807) is 12.1 Å². The summed E-state index contributed by atoms with van der Waals surface area (Å²) in [6.07, 6.45) is 4.45. The lowest BCUT2D eigenvalue weighted by Crippen LogP contribution is -2.45. The van der Waals surface area contributed by atoms with E-state index in [0.29, 0.717) is 5.02 Å². The summed E-state index contributed by atoms with van der Waals surface area (Å²) < 4.78 is 0. The first-order chi connectivity index (χ1) is 10.6. The van der Waals surface area contributed by atoms with Crippen LogP contribution in [0.1, 0.15) is 44.2 Å². The Labute approximate surface area is 161 Å². The molecule has 0 aliphatic carbocycles. The van der Waals surface area contributed by atoms with E-state index < -0.39 is 0 Å². The highest BCUT2D eigenvalue weighted by molar-refractivity contribution is 6.31. The number of benzene rings is 1. The van der Waals surface area contributed by atoms with Gasteiger partial charge in [-0.15, -0.1) is 24.8 Å². The minimum atomic E-state index is -0.347. The summed E-state index contributed by atoms with van der Waals surface area (Å²) in [5.41, 5.74) is 1.02. The van der Waals surface area contributed by atoms with Gasteiger partial charge in [0.15, 0.2) is 0 Å². The fraction of sp³-hybridized carbons (Fsp3) is 0.625. The zero-order valence-corrected chi connectivity index (χ0v) is 16.3. The third-order valence-corrected chi connectivity index (χ3v) is 4.57. The van der Waals surface area contributed by atoms with E-state index in [4.69, 9.17) is 11.6 Å². The van der Waals surface area contributed by atoms with Gasteiger partial charge in [0.1, 0.15) is 0 Å². The fourth-order valence-electron chi connectivity index (χ4n) is 3.02. The lowest BCUT2D eigenvalue weighted by atomic mass is 9.97. The van der Waals surface area contributed by atoms with Crippen molar-refractivity contribution >= 4 is 42.1 Å². The molecule has 2 rings (SSSR count). The van der Waals surface area contributed by atoms with Crippen LogP contribution >= 0.6 is 36.4 Å². The van der Waals surface area contributed by atoms with Crippen LogP contribution < -0.4 is 5.32 Å². The van der Waals surface area contributed by atoms with Crippen LogP contribution in [-0.2, 0) is 0 Å². The topological polar surface area (TPSA) is 58.4 Å². The number of unbranched alkanes of at least 4 members (excludes halogenated alkanes) is 2. The van der Waals surface area contributed by atoms with E-state index in [-0.39, 0.29) is 41.5 Å². The van der Waals surface area contributed by atoms with Gasteiger partial charge in [-0.1, -0.05) is 37.8 Å². The van der Waals surface area contributed by atoms with Crippen molar-refractivity contribution in [3.8, 4) is 0 Å². The van der Waals surface area contributed by atoms with E-state index in [0.717, 1.165) is 51.0 Å². The number of hydrogen-bond acceptors (Lipinski definition) is 4. The molecule has 1 atom stereocenters. The van der Waals surface area contributed by atoms with Crippen molar-refractivity contribution < 1.29 is 4.92 Å². The van der Waals surface area contributed by atoms with Crippen LogP contribution in [0.3, 0.4) is 0 Å². The molecule has 1 saturated heterocycles. The Kier molecular flexibility index (Phi) is 11.6. The van der Waals surface area contributed by atoms with Crippen LogP contribution in [0, 0.1) is 10.1 Å². The number of nitrogens with zero attached hydrogens (tertiary/aromatic N) is 2. The van der Waals surface area contributed by atoms with Gasteiger partial charge in [0, 0.05) is 49.4 Å². The van der Waals surface area contributed by atoms with Crippen molar-refractivity contribution in [3.63, 3.8) is 0 Å². The summed E-state index contributed by atoms with van der Waals surface area (Å²) in [7, 11) is 0. The molecule has 0 unspecified atom stereocenters. The van der Waals surface area contributed by atoms with E-state index in [1.807, 2.05) is 0 Å². The zero-order valence-electron chi connectivity index (χ0n) is 13.9. The SMILES string of the molecule is CCCCC[C@H](c1cc([N+](=O)[O-])ccc1Cl)N1CCNCC1.Cl.Cl. The summed E-state index contributed by atoms with van der Waals surface area (Å²) in [4.78, 5) is 13.1. The van der Waals surface area contributed by atoms with Gasteiger partial charge in [0.05, 0.1) is 4.92 Å². The second-order valence-corrected chi connectivity index (χ2v) is 6.17. The second kappa shape index (κ2) is 11.9. The molecule has 5 nitrogen and oxygen atoms in total. The maximum absolute atomic E-state index is 11.1. The van der Waals surface area contributed by atoms with Gasteiger partial charge in [-0.05, 0) is 18.1 Å². The minimum Gasteiger partial charge on any atom is -0.314 e. The molecule has 0 radical (unpaired) electrons. The second-order valence-electron chi connectivity index (χ2n) is 5.76. The molecule has 1 aliphatic rings. The van der Waals surface area contributed by atoms with Crippen molar-refractivity contribution in [3.05, 3.63) is 38.9 Å². The van der Waals surface area contributed by atoms with E-state index in [1.165, 1.54) is 12.5 Å². The molecule has 24 heavy (non-hydrogen) atoms. The van der Waals surface area contributed by atoms with Gasteiger partial charge in [0.2, 0.25) is 0 Å². The Bertz CT molecular complexity index is 511. The maximum Gasteiger partial charge on any atom is 0.269 e. The number of rotatable bonds is 7. The molecule has 8 heteroatoms. The molecular formula is C16H26Cl3N3O2. The van der Waals surface area contributed by atoms with Gasteiger partial charge in [0.25, 0.3) is 5.69 Å². The minimum absolute atomic E-state index is 0. The van der Waals surface area contributed by atoms with Gasteiger partial charge < -0.3 is 5.32 Å². The van der Waals surface area contributed by atoms with Crippen LogP contribution in [0.2, 0.25) is 5.02 Å². The Morgan fingerprint density at radius 1 is 1.29 bits per heavy atom. The molecule has 1 aromatic rings. The van der Waals surface area contributed by atoms with E-state index >= 15 is 0 Å². The van der Waals surface area contributed by atoms with Crippen molar-refractivity contribution in [2.75, 3.05) is 26.2 Å². The van der Waals surface area contributed by atoms with Crippen LogP contribution in [0.4, 0.5) is 5.69 Å². The summed E-state index contributed by atoms with van der Waals surface area (Å²) in [5, 5.41) is 15.0. The maximum atomic E-state index is 11.1. The molecule has 1 heterocycles. The molecule has 0 aromatic heterocycles. The normalized spacial score (nSPS) is 15.9. The molecule has 1 fully saturated rings. The summed E-state index contributed by atoms with van der Waals surface area (Å²) in [5.74, 6) is 0. The predicted octanol–water partition coefficient (Wildman–Crippen LogP) is 4.62. The highest BCUT2D eigenvalue weighted by atomic mass is 35.5. The Balaban J connectivity index is 0.00000264. The number of nitro groups is 1. The predicted molar refractivity (Wildman–Crippen MR) is 104 cm³/mol. The van der Waals surface area contributed by atoms with Crippen LogP contribution in [0.5, 0.6) is 0 Å². The standard InChI is InChI=1S/C16H24ClN3O2.2ClH/c1-2-3-4-5-16(19-10-8-18-9-11-19)14-12-13(20(21)22)6-7-15(14)17;;/h6-7,12,16,18H,2-5,8-11H2,1H3;2*1H/t16-;;/m1../s1. The molecule has 0 bridgehead atoms. The first-order valence-corrected chi connectivity index (χ1v) is 8.40. The summed E-state index contributed by atoms with van der Waals surface area (Å²) in [6, 6.07) is 4.96. The third kappa shape index (κ3) is 6.37. The first kappa shape index (κ1) is 23.4. The van der Waals surface area contributed by atoms with Gasteiger partial charge in [-0.2, -0.15) is 0 Å². The Hall–Kier alpha value is -0.590. The highest BCUT2D eigenvalue weighted by Gasteiger charge is 2.25. The van der Waals surface area contributed by atoms with Gasteiger partial charge in [-0.25, -0.2) is 0 Å². The Morgan fingerprint density at radius 2 is 1.96 bits per heavy atom. The van der Waals surface area contributed by atoms with Crippen LogP contribution in [0.25, 0.3) is 0 Å². The largest absolute Gasteiger partial charge is 0.314 e. The lowest BCUT2D eigenvalue weighted by molar-refractivity contribution is -0.385. The summed E-state index contributed by atoms with van der Waals surface area (Å²) >= 11 is 6.36. The smallest absolute Gasteiger partial charge is 0.269 e. The number of non-ortho nitro benzene ring substituents is 1. The van der Waals surface area contributed by atoms with Gasteiger partial charge >= 0.3 is 0 Å². The van der Waals surface area contributed by atoms with Gasteiger partial charge in [-0.3, -0.25) is 15.0 Å². The number of halogens is 3. The van der Waals surface area contributed by atoms with Crippen molar-refractivity contribution in [1.29, 1.82) is 0 Å². The van der Waals surface area contributed by atoms with Crippen molar-refractivity contribution in [1.82, 2.24) is 10.2 Å². The molecule has 1 aliphatic heterocycles. The average Bonchev–Trinajstić information content (AvgIpc) is 2.53. The lowest BCUT2D eigenvalue weighted by Gasteiger charge is -2.35. The monoisotopic (exact) mass is 397 g/mol. The zero-order chi connectivity index (χ0) is 15.9. The molecule has 138 valence electrons. The van der Waals surface area contributed by atoms with Crippen molar-refractivity contribution in [2.24, 2.45) is 0 Å². The molecular weight excluding hydrogens is 373 g/mol. The first-order valence-electron chi connectivity index (χ1n) is 8.02. The number of nitro benzene ring substituents is 1.